The predicted molar refractivity (Wildman–Crippen MR) is 78.2 cm³/mol. The minimum atomic E-state index is 0.672. The molecule has 2 aromatic heterocycles. The van der Waals surface area contributed by atoms with Crippen LogP contribution in [0.3, 0.4) is 0 Å². The number of aromatic nitrogens is 3. The van der Waals surface area contributed by atoms with Crippen LogP contribution in [0.4, 0.5) is 0 Å². The lowest BCUT2D eigenvalue weighted by Crippen LogP contribution is -2.01. The number of aryl methyl sites for hydroxylation is 1. The van der Waals surface area contributed by atoms with Crippen LogP contribution in [-0.2, 0) is 6.54 Å². The maximum absolute atomic E-state index is 5.33. The lowest BCUT2D eigenvalue weighted by molar-refractivity contribution is 0.534. The summed E-state index contributed by atoms with van der Waals surface area (Å²) in [5.41, 5.74) is 2.08. The maximum atomic E-state index is 5.33. The van der Waals surface area contributed by atoms with Crippen LogP contribution in [0.2, 0.25) is 0 Å². The molecule has 2 rings (SSSR count). The number of nitrogens with zero attached hydrogens (tertiary/aromatic N) is 3. The lowest BCUT2D eigenvalue weighted by atomic mass is 10.2. The molecule has 0 saturated carbocycles. The Kier molecular flexibility index (Phi) is 4.27. The first kappa shape index (κ1) is 13.7. The van der Waals surface area contributed by atoms with Gasteiger partial charge in [-0.1, -0.05) is 30.0 Å². The first-order valence-electron chi connectivity index (χ1n) is 5.99. The van der Waals surface area contributed by atoms with E-state index in [-0.39, 0.29) is 0 Å². The highest BCUT2D eigenvalue weighted by Gasteiger charge is 2.16. The van der Waals surface area contributed by atoms with Gasteiger partial charge in [0.2, 0.25) is 0 Å². The van der Waals surface area contributed by atoms with Crippen molar-refractivity contribution in [1.82, 2.24) is 14.8 Å². The molecule has 0 aliphatic carbocycles. The van der Waals surface area contributed by atoms with Crippen LogP contribution < -0.4 is 0 Å². The second-order valence-electron chi connectivity index (χ2n) is 4.34. The Hall–Kier alpha value is -1.75. The van der Waals surface area contributed by atoms with Crippen LogP contribution in [0.5, 0.6) is 0 Å². The summed E-state index contributed by atoms with van der Waals surface area (Å²) in [6.07, 6.45) is 3.51. The van der Waals surface area contributed by atoms with Crippen LogP contribution >= 0.6 is 11.8 Å². The minimum absolute atomic E-state index is 0.672. The molecule has 0 unspecified atom stereocenters. The number of furan rings is 1. The first-order valence-corrected chi connectivity index (χ1v) is 6.97. The van der Waals surface area contributed by atoms with Gasteiger partial charge in [0.25, 0.3) is 0 Å². The standard InChI is InChI=1S/C14H17N3OS/c1-5-7-17-13(12-6-8-18-11(12)4)15-16-14(17)19-9-10(2)3/h5-6,8H,1-2,7,9H2,3-4H3. The van der Waals surface area contributed by atoms with Gasteiger partial charge in [0.05, 0.1) is 11.8 Å². The number of rotatable bonds is 6. The van der Waals surface area contributed by atoms with E-state index in [1.165, 1.54) is 0 Å². The van der Waals surface area contributed by atoms with Crippen molar-refractivity contribution < 1.29 is 4.42 Å². The van der Waals surface area contributed by atoms with Gasteiger partial charge in [-0.25, -0.2) is 0 Å². The summed E-state index contributed by atoms with van der Waals surface area (Å²) in [4.78, 5) is 0. The molecular weight excluding hydrogens is 258 g/mol. The summed E-state index contributed by atoms with van der Waals surface area (Å²) < 4.78 is 7.37. The molecule has 0 aliphatic heterocycles. The van der Waals surface area contributed by atoms with Crippen LogP contribution in [0, 0.1) is 6.92 Å². The quantitative estimate of drug-likeness (QED) is 0.595. The van der Waals surface area contributed by atoms with E-state index in [4.69, 9.17) is 4.42 Å². The Morgan fingerprint density at radius 2 is 2.32 bits per heavy atom. The number of hydrogen-bond donors (Lipinski definition) is 0. The average Bonchev–Trinajstić information content (AvgIpc) is 2.94. The molecule has 0 aliphatic rings. The molecule has 0 radical (unpaired) electrons. The molecule has 0 saturated heterocycles. The van der Waals surface area contributed by atoms with Crippen molar-refractivity contribution in [3.63, 3.8) is 0 Å². The lowest BCUT2D eigenvalue weighted by Gasteiger charge is -2.06. The third-order valence-corrected chi connectivity index (χ3v) is 3.77. The summed E-state index contributed by atoms with van der Waals surface area (Å²) in [6.45, 7) is 12.3. The van der Waals surface area contributed by atoms with Crippen LogP contribution in [-0.4, -0.2) is 20.5 Å². The molecule has 2 aromatic rings. The Bertz CT molecular complexity index is 598. The van der Waals surface area contributed by atoms with E-state index in [1.807, 2.05) is 30.6 Å². The average molecular weight is 275 g/mol. The SMILES string of the molecule is C=CCn1c(SCC(=C)C)nnc1-c1ccoc1C. The molecule has 4 nitrogen and oxygen atoms in total. The van der Waals surface area contributed by atoms with Crippen molar-refractivity contribution in [2.45, 2.75) is 25.5 Å². The van der Waals surface area contributed by atoms with Crippen molar-refractivity contribution in [3.8, 4) is 11.4 Å². The van der Waals surface area contributed by atoms with Crippen molar-refractivity contribution in [2.75, 3.05) is 5.75 Å². The van der Waals surface area contributed by atoms with E-state index in [0.717, 1.165) is 33.6 Å². The van der Waals surface area contributed by atoms with Gasteiger partial charge >= 0.3 is 0 Å². The third-order valence-electron chi connectivity index (χ3n) is 2.58. The molecular formula is C14H17N3OS. The highest BCUT2D eigenvalue weighted by Crippen LogP contribution is 2.27. The normalized spacial score (nSPS) is 10.6. The zero-order valence-corrected chi connectivity index (χ0v) is 12.0. The molecule has 100 valence electrons. The fourth-order valence-electron chi connectivity index (χ4n) is 1.69. The molecule has 0 atom stereocenters. The smallest absolute Gasteiger partial charge is 0.192 e. The monoisotopic (exact) mass is 275 g/mol. The van der Waals surface area contributed by atoms with E-state index in [1.54, 1.807) is 18.0 Å². The zero-order valence-electron chi connectivity index (χ0n) is 11.2. The van der Waals surface area contributed by atoms with Gasteiger partial charge in [-0.2, -0.15) is 0 Å². The van der Waals surface area contributed by atoms with E-state index in [0.29, 0.717) is 6.54 Å². The predicted octanol–water partition coefficient (Wildman–Crippen LogP) is 3.70. The summed E-state index contributed by atoms with van der Waals surface area (Å²) in [6, 6.07) is 1.91. The Labute approximate surface area is 117 Å². The molecule has 0 spiro atoms. The van der Waals surface area contributed by atoms with Crippen LogP contribution in [0.25, 0.3) is 11.4 Å². The topological polar surface area (TPSA) is 43.9 Å². The molecule has 5 heteroatoms. The first-order chi connectivity index (χ1) is 9.13. The van der Waals surface area contributed by atoms with Gasteiger partial charge in [-0.15, -0.1) is 16.8 Å². The van der Waals surface area contributed by atoms with Crippen molar-refractivity contribution in [3.05, 3.63) is 42.9 Å². The molecule has 19 heavy (non-hydrogen) atoms. The van der Waals surface area contributed by atoms with E-state index >= 15 is 0 Å². The second-order valence-corrected chi connectivity index (χ2v) is 5.28. The van der Waals surface area contributed by atoms with Gasteiger partial charge in [0.1, 0.15) is 5.76 Å². The minimum Gasteiger partial charge on any atom is -0.469 e. The van der Waals surface area contributed by atoms with Gasteiger partial charge in [-0.3, -0.25) is 4.57 Å². The Morgan fingerprint density at radius 3 is 2.89 bits per heavy atom. The summed E-state index contributed by atoms with van der Waals surface area (Å²) in [5, 5.41) is 9.39. The molecule has 0 N–H and O–H groups in total. The van der Waals surface area contributed by atoms with E-state index in [2.05, 4.69) is 23.4 Å². The second kappa shape index (κ2) is 5.93. The highest BCUT2D eigenvalue weighted by molar-refractivity contribution is 7.99. The zero-order chi connectivity index (χ0) is 13.8. The van der Waals surface area contributed by atoms with E-state index < -0.39 is 0 Å². The number of thioether (sulfide) groups is 1. The highest BCUT2D eigenvalue weighted by atomic mass is 32.2. The van der Waals surface area contributed by atoms with E-state index in [9.17, 15) is 0 Å². The summed E-state index contributed by atoms with van der Waals surface area (Å²) in [5.74, 6) is 2.49. The molecule has 0 aromatic carbocycles. The summed E-state index contributed by atoms with van der Waals surface area (Å²) in [7, 11) is 0. The van der Waals surface area contributed by atoms with Gasteiger partial charge in [0.15, 0.2) is 11.0 Å². The van der Waals surface area contributed by atoms with Gasteiger partial charge in [0, 0.05) is 12.3 Å². The van der Waals surface area contributed by atoms with Crippen LogP contribution in [0.1, 0.15) is 12.7 Å². The van der Waals surface area contributed by atoms with Crippen molar-refractivity contribution >= 4 is 11.8 Å². The molecule has 2 heterocycles. The fraction of sp³-hybridized carbons (Fsp3) is 0.286. The van der Waals surface area contributed by atoms with Crippen LogP contribution in [0.15, 0.2) is 46.7 Å². The van der Waals surface area contributed by atoms with Crippen molar-refractivity contribution in [2.24, 2.45) is 0 Å². The van der Waals surface area contributed by atoms with Gasteiger partial charge in [-0.05, 0) is 19.9 Å². The molecule has 0 amide bonds. The number of hydrogen-bond acceptors (Lipinski definition) is 4. The van der Waals surface area contributed by atoms with Gasteiger partial charge < -0.3 is 4.42 Å². The third kappa shape index (κ3) is 2.98. The van der Waals surface area contributed by atoms with Crippen molar-refractivity contribution in [1.29, 1.82) is 0 Å². The maximum Gasteiger partial charge on any atom is 0.192 e. The fourth-order valence-corrected chi connectivity index (χ4v) is 2.48. The molecule has 0 bridgehead atoms. The Morgan fingerprint density at radius 1 is 1.53 bits per heavy atom. The largest absolute Gasteiger partial charge is 0.469 e. The Balaban J connectivity index is 2.36. The summed E-state index contributed by atoms with van der Waals surface area (Å²) >= 11 is 1.63. The number of allylic oxidation sites excluding steroid dienone is 1. The molecule has 0 fully saturated rings.